The quantitative estimate of drug-likeness (QED) is 0.769. The van der Waals surface area contributed by atoms with Gasteiger partial charge < -0.3 is 19.5 Å². The van der Waals surface area contributed by atoms with Gasteiger partial charge in [-0.2, -0.15) is 0 Å². The van der Waals surface area contributed by atoms with E-state index < -0.39 is 0 Å². The Morgan fingerprint density at radius 1 is 0.968 bits per heavy atom. The standard InChI is InChI=1S/C24H29N3O4/c1-17(24(28)25-14-18-2-5-22-23(13-18)31-16-30-22)27-9-7-26(8-10-27)15-19-3-4-21-20(12-19)6-11-29-21/h2-5,12-13,17H,6-11,14-16H2,1H3,(H,25,28)/t17-/m0/s1. The first-order valence-electron chi connectivity index (χ1n) is 11.0. The van der Waals surface area contributed by atoms with E-state index in [1.165, 1.54) is 11.1 Å². The second-order valence-electron chi connectivity index (χ2n) is 8.43. The number of nitrogens with one attached hydrogen (secondary N) is 1. The van der Waals surface area contributed by atoms with E-state index in [9.17, 15) is 4.79 Å². The molecular weight excluding hydrogens is 394 g/mol. The third-order valence-electron chi connectivity index (χ3n) is 6.40. The number of rotatable bonds is 6. The van der Waals surface area contributed by atoms with Gasteiger partial charge in [0.1, 0.15) is 5.75 Å². The Labute approximate surface area is 182 Å². The minimum atomic E-state index is -0.145. The van der Waals surface area contributed by atoms with Gasteiger partial charge in [-0.15, -0.1) is 0 Å². The molecule has 3 aliphatic rings. The number of carbonyl (C=O) groups excluding carboxylic acids is 1. The van der Waals surface area contributed by atoms with Gasteiger partial charge in [-0.05, 0) is 41.8 Å². The zero-order valence-corrected chi connectivity index (χ0v) is 17.9. The van der Waals surface area contributed by atoms with Crippen molar-refractivity contribution in [3.8, 4) is 17.2 Å². The van der Waals surface area contributed by atoms with E-state index in [0.717, 1.165) is 68.6 Å². The topological polar surface area (TPSA) is 63.3 Å². The van der Waals surface area contributed by atoms with Crippen molar-refractivity contribution in [3.63, 3.8) is 0 Å². The lowest BCUT2D eigenvalue weighted by molar-refractivity contribution is -0.126. The minimum Gasteiger partial charge on any atom is -0.493 e. The van der Waals surface area contributed by atoms with Crippen LogP contribution >= 0.6 is 0 Å². The zero-order chi connectivity index (χ0) is 21.2. The summed E-state index contributed by atoms with van der Waals surface area (Å²) in [5, 5.41) is 3.06. The summed E-state index contributed by atoms with van der Waals surface area (Å²) in [6.45, 7) is 8.21. The number of carbonyl (C=O) groups is 1. The van der Waals surface area contributed by atoms with Crippen molar-refractivity contribution in [2.24, 2.45) is 0 Å². The molecule has 7 heteroatoms. The van der Waals surface area contributed by atoms with Crippen molar-refractivity contribution < 1.29 is 19.0 Å². The van der Waals surface area contributed by atoms with Crippen molar-refractivity contribution in [3.05, 3.63) is 53.1 Å². The fourth-order valence-corrected chi connectivity index (χ4v) is 4.46. The van der Waals surface area contributed by atoms with Crippen LogP contribution in [0.1, 0.15) is 23.6 Å². The smallest absolute Gasteiger partial charge is 0.237 e. The summed E-state index contributed by atoms with van der Waals surface area (Å²) in [4.78, 5) is 17.4. The monoisotopic (exact) mass is 423 g/mol. The van der Waals surface area contributed by atoms with Crippen LogP contribution in [0.3, 0.4) is 0 Å². The Balaban J connectivity index is 1.08. The van der Waals surface area contributed by atoms with Gasteiger partial charge >= 0.3 is 0 Å². The summed E-state index contributed by atoms with van der Waals surface area (Å²) in [7, 11) is 0. The van der Waals surface area contributed by atoms with Crippen molar-refractivity contribution in [1.29, 1.82) is 0 Å². The average molecular weight is 424 g/mol. The maximum atomic E-state index is 12.7. The van der Waals surface area contributed by atoms with Crippen LogP contribution in [0.5, 0.6) is 17.2 Å². The fourth-order valence-electron chi connectivity index (χ4n) is 4.46. The molecule has 2 aromatic rings. The number of hydrogen-bond donors (Lipinski definition) is 1. The Hall–Kier alpha value is -2.77. The van der Waals surface area contributed by atoms with Crippen molar-refractivity contribution in [2.75, 3.05) is 39.6 Å². The first-order chi connectivity index (χ1) is 15.2. The highest BCUT2D eigenvalue weighted by Crippen LogP contribution is 2.32. The molecule has 31 heavy (non-hydrogen) atoms. The van der Waals surface area contributed by atoms with Crippen LogP contribution in [0.25, 0.3) is 0 Å². The van der Waals surface area contributed by atoms with Gasteiger partial charge in [0.15, 0.2) is 11.5 Å². The third kappa shape index (κ3) is 4.48. The highest BCUT2D eigenvalue weighted by Gasteiger charge is 2.26. The average Bonchev–Trinajstić information content (AvgIpc) is 3.46. The highest BCUT2D eigenvalue weighted by molar-refractivity contribution is 5.81. The van der Waals surface area contributed by atoms with Gasteiger partial charge in [0.25, 0.3) is 0 Å². The Kier molecular flexibility index (Phi) is 5.70. The van der Waals surface area contributed by atoms with Crippen LogP contribution in [0.15, 0.2) is 36.4 Å². The molecule has 0 spiro atoms. The van der Waals surface area contributed by atoms with Gasteiger partial charge in [0.05, 0.1) is 12.6 Å². The molecular formula is C24H29N3O4. The van der Waals surface area contributed by atoms with E-state index in [-0.39, 0.29) is 18.7 Å². The number of fused-ring (bicyclic) bond motifs is 2. The molecule has 0 aliphatic carbocycles. The molecule has 0 radical (unpaired) electrons. The summed E-state index contributed by atoms with van der Waals surface area (Å²) >= 11 is 0. The van der Waals surface area contributed by atoms with E-state index >= 15 is 0 Å². The van der Waals surface area contributed by atoms with E-state index in [4.69, 9.17) is 14.2 Å². The van der Waals surface area contributed by atoms with Crippen LogP contribution in [0.4, 0.5) is 0 Å². The number of piperazine rings is 1. The number of benzene rings is 2. The maximum Gasteiger partial charge on any atom is 0.237 e. The van der Waals surface area contributed by atoms with Crippen molar-refractivity contribution in [1.82, 2.24) is 15.1 Å². The number of nitrogens with zero attached hydrogens (tertiary/aromatic N) is 2. The second kappa shape index (κ2) is 8.77. The summed E-state index contributed by atoms with van der Waals surface area (Å²) in [5.41, 5.74) is 3.67. The predicted octanol–water partition coefficient (Wildman–Crippen LogP) is 2.17. The molecule has 164 valence electrons. The number of amides is 1. The molecule has 0 saturated carbocycles. The van der Waals surface area contributed by atoms with E-state index in [1.807, 2.05) is 25.1 Å². The number of hydrogen-bond acceptors (Lipinski definition) is 6. The van der Waals surface area contributed by atoms with Crippen LogP contribution in [0, 0.1) is 0 Å². The van der Waals surface area contributed by atoms with E-state index in [0.29, 0.717) is 6.54 Å². The fraction of sp³-hybridized carbons (Fsp3) is 0.458. The van der Waals surface area contributed by atoms with Crippen molar-refractivity contribution in [2.45, 2.75) is 32.5 Å². The number of ether oxygens (including phenoxy) is 3. The predicted molar refractivity (Wildman–Crippen MR) is 116 cm³/mol. The summed E-state index contributed by atoms with van der Waals surface area (Å²) in [5.74, 6) is 2.60. The molecule has 5 rings (SSSR count). The van der Waals surface area contributed by atoms with Crippen LogP contribution in [-0.4, -0.2) is 61.3 Å². The SMILES string of the molecule is C[C@@H](C(=O)NCc1ccc2c(c1)OCO2)N1CCN(Cc2ccc3c(c2)CCO3)CC1. The largest absolute Gasteiger partial charge is 0.493 e. The molecule has 3 heterocycles. The Bertz CT molecular complexity index is 956. The summed E-state index contributed by atoms with van der Waals surface area (Å²) in [6.07, 6.45) is 1.01. The third-order valence-corrected chi connectivity index (χ3v) is 6.40. The first kappa shape index (κ1) is 20.2. The molecule has 2 aromatic carbocycles. The normalized spacial score (nSPS) is 19.0. The molecule has 3 aliphatic heterocycles. The lowest BCUT2D eigenvalue weighted by Crippen LogP contribution is -2.53. The van der Waals surface area contributed by atoms with Gasteiger partial charge in [-0.3, -0.25) is 14.6 Å². The summed E-state index contributed by atoms with van der Waals surface area (Å²) in [6, 6.07) is 12.2. The second-order valence-corrected chi connectivity index (χ2v) is 8.43. The Morgan fingerprint density at radius 2 is 1.74 bits per heavy atom. The molecule has 1 fully saturated rings. The van der Waals surface area contributed by atoms with Crippen LogP contribution in [-0.2, 0) is 24.3 Å². The highest BCUT2D eigenvalue weighted by atomic mass is 16.7. The molecule has 7 nitrogen and oxygen atoms in total. The minimum absolute atomic E-state index is 0.0599. The van der Waals surface area contributed by atoms with Gasteiger partial charge in [-0.1, -0.05) is 18.2 Å². The molecule has 0 aromatic heterocycles. The van der Waals surface area contributed by atoms with Gasteiger partial charge in [-0.25, -0.2) is 0 Å². The van der Waals surface area contributed by atoms with Crippen LogP contribution in [0.2, 0.25) is 0 Å². The zero-order valence-electron chi connectivity index (χ0n) is 17.9. The van der Waals surface area contributed by atoms with E-state index in [2.05, 4.69) is 33.3 Å². The molecule has 0 bridgehead atoms. The lowest BCUT2D eigenvalue weighted by atomic mass is 10.1. The molecule has 0 unspecified atom stereocenters. The first-order valence-corrected chi connectivity index (χ1v) is 11.0. The molecule has 1 N–H and O–H groups in total. The maximum absolute atomic E-state index is 12.7. The molecule has 1 saturated heterocycles. The van der Waals surface area contributed by atoms with E-state index in [1.54, 1.807) is 0 Å². The van der Waals surface area contributed by atoms with Crippen molar-refractivity contribution >= 4 is 5.91 Å². The van der Waals surface area contributed by atoms with Gasteiger partial charge in [0.2, 0.25) is 12.7 Å². The Morgan fingerprint density at radius 3 is 2.61 bits per heavy atom. The molecule has 1 amide bonds. The summed E-state index contributed by atoms with van der Waals surface area (Å²) < 4.78 is 16.3. The van der Waals surface area contributed by atoms with Crippen LogP contribution < -0.4 is 19.5 Å². The van der Waals surface area contributed by atoms with Gasteiger partial charge in [0, 0.05) is 45.7 Å². The lowest BCUT2D eigenvalue weighted by Gasteiger charge is -2.37. The molecule has 1 atom stereocenters.